The molecule has 4 nitrogen and oxygen atoms in total. The molecule has 0 aliphatic rings. The monoisotopic (exact) mass is 382 g/mol. The number of benzene rings is 3. The number of likely N-dealkylation sites (N-methyl/N-ethyl adjacent to an activating group) is 1. The van der Waals surface area contributed by atoms with Crippen molar-refractivity contribution >= 4 is 17.2 Å². The number of hydrogen-bond acceptors (Lipinski definition) is 3. The van der Waals surface area contributed by atoms with Gasteiger partial charge in [0.25, 0.3) is 0 Å². The first kappa shape index (κ1) is 19.1. The van der Waals surface area contributed by atoms with E-state index in [1.165, 1.54) is 16.7 Å². The number of aliphatic imine (C=N–C) groups is 1. The number of aromatic nitrogens is 2. The largest absolute Gasteiger partial charge is 0.326 e. The highest BCUT2D eigenvalue weighted by molar-refractivity contribution is 6.03. The average Bonchev–Trinajstić information content (AvgIpc) is 3.08. The molecule has 0 unspecified atom stereocenters. The van der Waals surface area contributed by atoms with Crippen LogP contribution in [-0.4, -0.2) is 47.9 Å². The Bertz CT molecular complexity index is 1130. The molecule has 146 valence electrons. The van der Waals surface area contributed by atoms with Crippen LogP contribution in [0.15, 0.2) is 77.8 Å². The van der Waals surface area contributed by atoms with Gasteiger partial charge in [0.2, 0.25) is 0 Å². The topological polar surface area (TPSA) is 33.4 Å². The molecule has 0 atom stereocenters. The van der Waals surface area contributed by atoms with Crippen LogP contribution in [-0.2, 0) is 7.05 Å². The van der Waals surface area contributed by atoms with Crippen LogP contribution < -0.4 is 0 Å². The fourth-order valence-electron chi connectivity index (χ4n) is 3.56. The Labute approximate surface area is 172 Å². The third kappa shape index (κ3) is 3.98. The van der Waals surface area contributed by atoms with Gasteiger partial charge in [-0.1, -0.05) is 72.8 Å². The van der Waals surface area contributed by atoms with Crippen molar-refractivity contribution in [3.8, 4) is 22.3 Å². The first-order chi connectivity index (χ1) is 14.1. The predicted molar refractivity (Wildman–Crippen MR) is 123 cm³/mol. The Balaban J connectivity index is 1.88. The normalized spacial score (nSPS) is 11.7. The fourth-order valence-corrected chi connectivity index (χ4v) is 3.56. The van der Waals surface area contributed by atoms with Crippen molar-refractivity contribution in [2.24, 2.45) is 12.0 Å². The predicted octanol–water partition coefficient (Wildman–Crippen LogP) is 4.89. The van der Waals surface area contributed by atoms with Crippen LogP contribution >= 0.6 is 0 Å². The average molecular weight is 383 g/mol. The molecule has 3 aromatic carbocycles. The van der Waals surface area contributed by atoms with Gasteiger partial charge < -0.3 is 9.47 Å². The van der Waals surface area contributed by atoms with Gasteiger partial charge in [-0.25, -0.2) is 4.98 Å². The minimum absolute atomic E-state index is 0.757. The summed E-state index contributed by atoms with van der Waals surface area (Å²) in [6.45, 7) is 1.68. The van der Waals surface area contributed by atoms with E-state index >= 15 is 0 Å². The lowest BCUT2D eigenvalue weighted by Gasteiger charge is -2.10. The summed E-state index contributed by atoms with van der Waals surface area (Å²) >= 11 is 0. The highest BCUT2D eigenvalue weighted by Crippen LogP contribution is 2.35. The van der Waals surface area contributed by atoms with Crippen LogP contribution in [0.2, 0.25) is 0 Å². The van der Waals surface area contributed by atoms with E-state index in [0.29, 0.717) is 0 Å². The van der Waals surface area contributed by atoms with E-state index in [4.69, 9.17) is 4.98 Å². The molecule has 0 fully saturated rings. The van der Waals surface area contributed by atoms with Crippen molar-refractivity contribution in [2.45, 2.75) is 0 Å². The molecule has 0 saturated heterocycles. The van der Waals surface area contributed by atoms with Crippen molar-refractivity contribution in [3.05, 3.63) is 78.6 Å². The summed E-state index contributed by atoms with van der Waals surface area (Å²) in [7, 11) is 6.19. The van der Waals surface area contributed by atoms with Crippen molar-refractivity contribution in [1.82, 2.24) is 14.5 Å². The molecule has 0 aliphatic heterocycles. The standard InChI is InChI=1S/C25H26N4/c1-28(2)17-16-26-18-23-27-24-21(19-10-6-4-7-11-19)14-15-22(25(24)29(23)3)20-12-8-5-9-13-20/h4-15,18H,16-17H2,1-3H3. The highest BCUT2D eigenvalue weighted by atomic mass is 15.1. The molecule has 4 aromatic rings. The first-order valence-electron chi connectivity index (χ1n) is 9.90. The Morgan fingerprint density at radius 1 is 0.862 bits per heavy atom. The molecule has 0 spiro atoms. The maximum Gasteiger partial charge on any atom is 0.151 e. The Morgan fingerprint density at radius 2 is 1.45 bits per heavy atom. The highest BCUT2D eigenvalue weighted by Gasteiger charge is 2.16. The molecule has 29 heavy (non-hydrogen) atoms. The molecule has 4 rings (SSSR count). The second-order valence-electron chi connectivity index (χ2n) is 7.46. The lowest BCUT2D eigenvalue weighted by molar-refractivity contribution is 0.421. The second-order valence-corrected chi connectivity index (χ2v) is 7.46. The fraction of sp³-hybridized carbons (Fsp3) is 0.200. The van der Waals surface area contributed by atoms with Gasteiger partial charge in [0.1, 0.15) is 0 Å². The summed E-state index contributed by atoms with van der Waals surface area (Å²) in [6, 6.07) is 25.3. The summed E-state index contributed by atoms with van der Waals surface area (Å²) in [5, 5.41) is 0. The van der Waals surface area contributed by atoms with Crippen molar-refractivity contribution in [3.63, 3.8) is 0 Å². The van der Waals surface area contributed by atoms with E-state index < -0.39 is 0 Å². The SMILES string of the molecule is CN(C)CCN=Cc1nc2c(-c3ccccc3)ccc(-c3ccccc3)c2n1C. The maximum absolute atomic E-state index is 4.99. The zero-order chi connectivity index (χ0) is 20.2. The molecular formula is C25H26N4. The lowest BCUT2D eigenvalue weighted by Crippen LogP contribution is -2.15. The quantitative estimate of drug-likeness (QED) is 0.445. The summed E-state index contributed by atoms with van der Waals surface area (Å²) < 4.78 is 2.16. The van der Waals surface area contributed by atoms with E-state index in [2.05, 4.69) is 96.3 Å². The van der Waals surface area contributed by atoms with E-state index in [0.717, 1.165) is 35.5 Å². The van der Waals surface area contributed by atoms with E-state index in [1.807, 2.05) is 18.3 Å². The third-order valence-corrected chi connectivity index (χ3v) is 5.11. The third-order valence-electron chi connectivity index (χ3n) is 5.11. The van der Waals surface area contributed by atoms with Gasteiger partial charge in [-0.2, -0.15) is 0 Å². The summed E-state index contributed by atoms with van der Waals surface area (Å²) in [4.78, 5) is 11.7. The second kappa shape index (κ2) is 8.41. The van der Waals surface area contributed by atoms with E-state index in [-0.39, 0.29) is 0 Å². The van der Waals surface area contributed by atoms with Crippen LogP contribution in [0.25, 0.3) is 33.3 Å². The zero-order valence-corrected chi connectivity index (χ0v) is 17.2. The Hall–Kier alpha value is -3.24. The van der Waals surface area contributed by atoms with Crippen molar-refractivity contribution in [1.29, 1.82) is 0 Å². The van der Waals surface area contributed by atoms with Gasteiger partial charge in [-0.05, 0) is 25.2 Å². The van der Waals surface area contributed by atoms with Crippen LogP contribution in [0.3, 0.4) is 0 Å². The number of nitrogens with zero attached hydrogens (tertiary/aromatic N) is 4. The molecule has 1 heterocycles. The van der Waals surface area contributed by atoms with Crippen LogP contribution in [0.4, 0.5) is 0 Å². The van der Waals surface area contributed by atoms with Crippen LogP contribution in [0.5, 0.6) is 0 Å². The number of fused-ring (bicyclic) bond motifs is 1. The van der Waals surface area contributed by atoms with Gasteiger partial charge in [0.15, 0.2) is 5.82 Å². The molecule has 0 amide bonds. The summed E-state index contributed by atoms with van der Waals surface area (Å²) in [5.41, 5.74) is 6.83. The smallest absolute Gasteiger partial charge is 0.151 e. The molecular weight excluding hydrogens is 356 g/mol. The molecule has 0 bridgehead atoms. The molecule has 0 saturated carbocycles. The van der Waals surface area contributed by atoms with Gasteiger partial charge >= 0.3 is 0 Å². The number of rotatable bonds is 6. The molecule has 0 aliphatic carbocycles. The molecule has 0 radical (unpaired) electrons. The Morgan fingerprint density at radius 3 is 2.07 bits per heavy atom. The number of hydrogen-bond donors (Lipinski definition) is 0. The Kier molecular flexibility index (Phi) is 5.54. The lowest BCUT2D eigenvalue weighted by atomic mass is 9.98. The van der Waals surface area contributed by atoms with Gasteiger partial charge in [0, 0.05) is 24.7 Å². The summed E-state index contributed by atoms with van der Waals surface area (Å²) in [6.07, 6.45) is 1.90. The molecule has 4 heteroatoms. The van der Waals surface area contributed by atoms with Crippen LogP contribution in [0, 0.1) is 0 Å². The number of aryl methyl sites for hydroxylation is 1. The van der Waals surface area contributed by atoms with E-state index in [9.17, 15) is 0 Å². The summed E-state index contributed by atoms with van der Waals surface area (Å²) in [5.74, 6) is 0.874. The van der Waals surface area contributed by atoms with Gasteiger partial charge in [-0.15, -0.1) is 0 Å². The van der Waals surface area contributed by atoms with E-state index in [1.54, 1.807) is 0 Å². The van der Waals surface area contributed by atoms with Crippen molar-refractivity contribution in [2.75, 3.05) is 27.2 Å². The minimum atomic E-state index is 0.757. The van der Waals surface area contributed by atoms with Crippen LogP contribution in [0.1, 0.15) is 5.82 Å². The van der Waals surface area contributed by atoms with Gasteiger partial charge in [0.05, 0.1) is 23.8 Å². The maximum atomic E-state index is 4.99. The van der Waals surface area contributed by atoms with Crippen molar-refractivity contribution < 1.29 is 0 Å². The molecule has 1 aromatic heterocycles. The molecule has 0 N–H and O–H groups in total. The first-order valence-corrected chi connectivity index (χ1v) is 9.90. The number of imidazole rings is 1. The zero-order valence-electron chi connectivity index (χ0n) is 17.2. The van der Waals surface area contributed by atoms with Gasteiger partial charge in [-0.3, -0.25) is 4.99 Å². The minimum Gasteiger partial charge on any atom is -0.326 e.